The Bertz CT molecular complexity index is 575. The summed E-state index contributed by atoms with van der Waals surface area (Å²) < 4.78 is 39.4. The zero-order chi connectivity index (χ0) is 16.6. The number of carbonyl (C=O) groups excluding carboxylic acids is 1. The number of halogens is 1. The Hall–Kier alpha value is -1.51. The van der Waals surface area contributed by atoms with Gasteiger partial charge in [0.2, 0.25) is 10.0 Å². The Balaban J connectivity index is 2.78. The van der Waals surface area contributed by atoms with E-state index >= 15 is 0 Å². The third kappa shape index (κ3) is 5.70. The molecule has 0 aromatic heterocycles. The number of hydrogen-bond acceptors (Lipinski definition) is 4. The molecular formula is C14H21FN2O4S. The summed E-state index contributed by atoms with van der Waals surface area (Å²) in [7, 11) is -3.96. The van der Waals surface area contributed by atoms with E-state index in [0.29, 0.717) is 6.42 Å². The van der Waals surface area contributed by atoms with Crippen molar-refractivity contribution in [1.82, 2.24) is 10.2 Å². The molecule has 1 amide bonds. The van der Waals surface area contributed by atoms with Crippen molar-refractivity contribution in [2.24, 2.45) is 0 Å². The van der Waals surface area contributed by atoms with Crippen molar-refractivity contribution in [2.45, 2.75) is 50.0 Å². The molecule has 0 aliphatic heterocycles. The van der Waals surface area contributed by atoms with E-state index in [9.17, 15) is 17.6 Å². The topological polar surface area (TPSA) is 95.5 Å². The van der Waals surface area contributed by atoms with E-state index in [1.54, 1.807) is 0 Å². The number of hydrogen-bond donors (Lipinski definition) is 3. The number of sulfonamides is 1. The quantitative estimate of drug-likeness (QED) is 0.366. The summed E-state index contributed by atoms with van der Waals surface area (Å²) in [4.78, 5) is 11.5. The Morgan fingerprint density at radius 1 is 1.23 bits per heavy atom. The molecule has 22 heavy (non-hydrogen) atoms. The molecule has 0 bridgehead atoms. The molecule has 0 saturated carbocycles. The fourth-order valence-corrected chi connectivity index (χ4v) is 3.20. The second-order valence-corrected chi connectivity index (χ2v) is 6.67. The fourth-order valence-electron chi connectivity index (χ4n) is 1.97. The zero-order valence-corrected chi connectivity index (χ0v) is 13.2. The maximum atomic E-state index is 12.8. The van der Waals surface area contributed by atoms with Crippen molar-refractivity contribution in [2.75, 3.05) is 0 Å². The molecule has 1 rings (SSSR count). The average Bonchev–Trinajstić information content (AvgIpc) is 2.50. The minimum absolute atomic E-state index is 0.141. The van der Waals surface area contributed by atoms with Crippen LogP contribution in [0.25, 0.3) is 0 Å². The highest BCUT2D eigenvalue weighted by atomic mass is 32.2. The number of amides is 1. The van der Waals surface area contributed by atoms with Gasteiger partial charge in [-0.3, -0.25) is 10.0 Å². The molecule has 124 valence electrons. The Labute approximate surface area is 129 Å². The molecule has 1 aromatic carbocycles. The minimum Gasteiger partial charge on any atom is -0.289 e. The zero-order valence-electron chi connectivity index (χ0n) is 12.4. The largest absolute Gasteiger partial charge is 0.289 e. The van der Waals surface area contributed by atoms with Crippen molar-refractivity contribution < 1.29 is 22.8 Å². The number of hydroxylamine groups is 1. The number of nitrogens with one attached hydrogen (secondary N) is 2. The molecular weight excluding hydrogens is 311 g/mol. The Kier molecular flexibility index (Phi) is 7.43. The molecule has 0 fully saturated rings. The van der Waals surface area contributed by atoms with Crippen molar-refractivity contribution in [3.8, 4) is 0 Å². The van der Waals surface area contributed by atoms with Gasteiger partial charge in [0.1, 0.15) is 11.9 Å². The van der Waals surface area contributed by atoms with Gasteiger partial charge in [-0.15, -0.1) is 0 Å². The molecule has 1 aromatic rings. The van der Waals surface area contributed by atoms with Crippen molar-refractivity contribution in [1.29, 1.82) is 0 Å². The summed E-state index contributed by atoms with van der Waals surface area (Å²) in [5, 5.41) is 8.73. The van der Waals surface area contributed by atoms with E-state index in [1.807, 2.05) is 6.92 Å². The van der Waals surface area contributed by atoms with Gasteiger partial charge in [-0.2, -0.15) is 4.72 Å². The van der Waals surface area contributed by atoms with Gasteiger partial charge in [0, 0.05) is 0 Å². The summed E-state index contributed by atoms with van der Waals surface area (Å²) in [6.07, 6.45) is 3.78. The van der Waals surface area contributed by atoms with E-state index in [-0.39, 0.29) is 11.3 Å². The van der Waals surface area contributed by atoms with Crippen LogP contribution in [0.5, 0.6) is 0 Å². The van der Waals surface area contributed by atoms with E-state index in [4.69, 9.17) is 5.21 Å². The first-order valence-corrected chi connectivity index (χ1v) is 8.61. The molecule has 1 unspecified atom stereocenters. The molecule has 0 heterocycles. The Morgan fingerprint density at radius 2 is 1.86 bits per heavy atom. The maximum absolute atomic E-state index is 12.8. The molecule has 8 heteroatoms. The van der Waals surface area contributed by atoms with Crippen molar-refractivity contribution >= 4 is 15.9 Å². The lowest BCUT2D eigenvalue weighted by Gasteiger charge is -2.16. The van der Waals surface area contributed by atoms with Crippen molar-refractivity contribution in [3.05, 3.63) is 30.1 Å². The van der Waals surface area contributed by atoms with Crippen LogP contribution in [0.4, 0.5) is 4.39 Å². The van der Waals surface area contributed by atoms with Crippen LogP contribution in [0.3, 0.4) is 0 Å². The molecule has 3 N–H and O–H groups in total. The summed E-state index contributed by atoms with van der Waals surface area (Å²) in [6, 6.07) is 3.20. The average molecular weight is 332 g/mol. The maximum Gasteiger partial charge on any atom is 0.261 e. The number of carbonyl (C=O) groups is 1. The SMILES string of the molecule is CCCCCCC(NS(=O)(=O)c1ccc(F)cc1)C(=O)NO. The van der Waals surface area contributed by atoms with Gasteiger partial charge < -0.3 is 0 Å². The van der Waals surface area contributed by atoms with Gasteiger partial charge in [0.25, 0.3) is 5.91 Å². The standard InChI is InChI=1S/C14H21FN2O4S/c1-2-3-4-5-6-13(14(18)16-19)17-22(20,21)12-9-7-11(15)8-10-12/h7-10,13,17,19H,2-6H2,1H3,(H,16,18). The van der Waals surface area contributed by atoms with Gasteiger partial charge in [-0.25, -0.2) is 18.3 Å². The van der Waals surface area contributed by atoms with Gasteiger partial charge in [-0.05, 0) is 30.7 Å². The van der Waals surface area contributed by atoms with Crippen LogP contribution in [0.2, 0.25) is 0 Å². The van der Waals surface area contributed by atoms with E-state index < -0.39 is 27.8 Å². The van der Waals surface area contributed by atoms with Crippen LogP contribution in [-0.2, 0) is 14.8 Å². The monoisotopic (exact) mass is 332 g/mol. The highest BCUT2D eigenvalue weighted by molar-refractivity contribution is 7.89. The lowest BCUT2D eigenvalue weighted by molar-refractivity contribution is -0.131. The predicted molar refractivity (Wildman–Crippen MR) is 79.2 cm³/mol. The molecule has 6 nitrogen and oxygen atoms in total. The molecule has 0 spiro atoms. The number of unbranched alkanes of at least 4 members (excludes halogenated alkanes) is 3. The minimum atomic E-state index is -3.96. The van der Waals surface area contributed by atoms with Crippen molar-refractivity contribution in [3.63, 3.8) is 0 Å². The lowest BCUT2D eigenvalue weighted by Crippen LogP contribution is -2.45. The second-order valence-electron chi connectivity index (χ2n) is 4.95. The first kappa shape index (κ1) is 18.5. The van der Waals surface area contributed by atoms with Gasteiger partial charge in [0.05, 0.1) is 4.90 Å². The van der Waals surface area contributed by atoms with Gasteiger partial charge >= 0.3 is 0 Å². The molecule has 0 radical (unpaired) electrons. The van der Waals surface area contributed by atoms with E-state index in [2.05, 4.69) is 4.72 Å². The van der Waals surface area contributed by atoms with Crippen LogP contribution in [0.1, 0.15) is 39.0 Å². The summed E-state index contributed by atoms with van der Waals surface area (Å²) in [5.41, 5.74) is 1.46. The Morgan fingerprint density at radius 3 is 2.41 bits per heavy atom. The second kappa shape index (κ2) is 8.82. The number of rotatable bonds is 9. The van der Waals surface area contributed by atoms with Crippen LogP contribution in [0, 0.1) is 5.82 Å². The lowest BCUT2D eigenvalue weighted by atomic mass is 10.1. The van der Waals surface area contributed by atoms with Gasteiger partial charge in [0.15, 0.2) is 0 Å². The highest BCUT2D eigenvalue weighted by Crippen LogP contribution is 2.13. The molecule has 0 saturated heterocycles. The van der Waals surface area contributed by atoms with Crippen LogP contribution in [0.15, 0.2) is 29.2 Å². The van der Waals surface area contributed by atoms with Crippen LogP contribution in [-0.4, -0.2) is 25.6 Å². The third-order valence-corrected chi connectivity index (χ3v) is 4.68. The normalized spacial score (nSPS) is 12.9. The fraction of sp³-hybridized carbons (Fsp3) is 0.500. The predicted octanol–water partition coefficient (Wildman–Crippen LogP) is 1.95. The van der Waals surface area contributed by atoms with E-state index in [1.165, 1.54) is 5.48 Å². The number of benzene rings is 1. The summed E-state index contributed by atoms with van der Waals surface area (Å²) in [6.45, 7) is 2.04. The van der Waals surface area contributed by atoms with Crippen LogP contribution < -0.4 is 10.2 Å². The summed E-state index contributed by atoms with van der Waals surface area (Å²) >= 11 is 0. The molecule has 0 aliphatic carbocycles. The van der Waals surface area contributed by atoms with Gasteiger partial charge in [-0.1, -0.05) is 32.6 Å². The highest BCUT2D eigenvalue weighted by Gasteiger charge is 2.25. The third-order valence-electron chi connectivity index (χ3n) is 3.19. The first-order chi connectivity index (χ1) is 10.4. The van der Waals surface area contributed by atoms with Crippen LogP contribution >= 0.6 is 0 Å². The van der Waals surface area contributed by atoms with E-state index in [0.717, 1.165) is 43.5 Å². The molecule has 1 atom stereocenters. The molecule has 0 aliphatic rings. The smallest absolute Gasteiger partial charge is 0.261 e. The summed E-state index contributed by atoms with van der Waals surface area (Å²) in [5.74, 6) is -1.37. The first-order valence-electron chi connectivity index (χ1n) is 7.12.